The minimum atomic E-state index is -0.163. The van der Waals surface area contributed by atoms with Crippen molar-refractivity contribution in [3.63, 3.8) is 0 Å². The molecule has 0 aliphatic heterocycles. The van der Waals surface area contributed by atoms with Crippen LogP contribution in [0, 0.1) is 11.7 Å². The standard InChI is InChI=1S/C12H18FN/c1-10(8-9-14)2-3-11-4-6-12(13)7-5-11/h4-7,10H,2-3,8-9,14H2,1H3. The van der Waals surface area contributed by atoms with Gasteiger partial charge in [0.2, 0.25) is 0 Å². The van der Waals surface area contributed by atoms with Gasteiger partial charge in [0.1, 0.15) is 5.82 Å². The van der Waals surface area contributed by atoms with Crippen LogP contribution in [-0.2, 0) is 6.42 Å². The number of hydrogen-bond acceptors (Lipinski definition) is 1. The first-order valence-electron chi connectivity index (χ1n) is 5.17. The molecule has 0 amide bonds. The number of aryl methyl sites for hydroxylation is 1. The quantitative estimate of drug-likeness (QED) is 0.768. The van der Waals surface area contributed by atoms with Crippen LogP contribution in [0.25, 0.3) is 0 Å². The number of nitrogens with two attached hydrogens (primary N) is 1. The number of rotatable bonds is 5. The second-order valence-electron chi connectivity index (χ2n) is 3.85. The smallest absolute Gasteiger partial charge is 0.123 e. The molecule has 1 aromatic carbocycles. The fourth-order valence-corrected chi connectivity index (χ4v) is 1.49. The second kappa shape index (κ2) is 5.76. The van der Waals surface area contributed by atoms with E-state index in [0.717, 1.165) is 25.8 Å². The summed E-state index contributed by atoms with van der Waals surface area (Å²) in [5.41, 5.74) is 6.67. The molecule has 0 saturated heterocycles. The molecule has 0 aliphatic carbocycles. The van der Waals surface area contributed by atoms with Crippen LogP contribution < -0.4 is 5.73 Å². The van der Waals surface area contributed by atoms with Crippen LogP contribution in [0.5, 0.6) is 0 Å². The highest BCUT2D eigenvalue weighted by Gasteiger charge is 2.01. The van der Waals surface area contributed by atoms with Crippen molar-refractivity contribution in [2.75, 3.05) is 6.54 Å². The van der Waals surface area contributed by atoms with Crippen molar-refractivity contribution in [2.24, 2.45) is 11.7 Å². The topological polar surface area (TPSA) is 26.0 Å². The van der Waals surface area contributed by atoms with Crippen LogP contribution >= 0.6 is 0 Å². The molecular weight excluding hydrogens is 177 g/mol. The third-order valence-electron chi connectivity index (χ3n) is 2.50. The van der Waals surface area contributed by atoms with Gasteiger partial charge in [0.25, 0.3) is 0 Å². The molecule has 2 heteroatoms. The maximum Gasteiger partial charge on any atom is 0.123 e. The average molecular weight is 195 g/mol. The maximum atomic E-state index is 12.6. The first-order chi connectivity index (χ1) is 6.72. The van der Waals surface area contributed by atoms with Gasteiger partial charge in [-0.1, -0.05) is 19.1 Å². The Morgan fingerprint density at radius 2 is 1.86 bits per heavy atom. The van der Waals surface area contributed by atoms with Crippen LogP contribution in [0.2, 0.25) is 0 Å². The van der Waals surface area contributed by atoms with Crippen molar-refractivity contribution in [1.29, 1.82) is 0 Å². The molecule has 1 rings (SSSR count). The van der Waals surface area contributed by atoms with Gasteiger partial charge < -0.3 is 5.73 Å². The van der Waals surface area contributed by atoms with Crippen LogP contribution in [0.1, 0.15) is 25.3 Å². The van der Waals surface area contributed by atoms with Crippen molar-refractivity contribution < 1.29 is 4.39 Å². The molecule has 0 spiro atoms. The summed E-state index contributed by atoms with van der Waals surface area (Å²) in [4.78, 5) is 0. The molecule has 0 aromatic heterocycles. The molecule has 0 radical (unpaired) electrons. The molecule has 0 heterocycles. The van der Waals surface area contributed by atoms with Gasteiger partial charge >= 0.3 is 0 Å². The molecular formula is C12H18FN. The molecule has 1 aromatic rings. The highest BCUT2D eigenvalue weighted by atomic mass is 19.1. The largest absolute Gasteiger partial charge is 0.330 e. The zero-order valence-corrected chi connectivity index (χ0v) is 8.67. The van der Waals surface area contributed by atoms with Crippen LogP contribution in [0.4, 0.5) is 4.39 Å². The van der Waals surface area contributed by atoms with E-state index in [-0.39, 0.29) is 5.82 Å². The summed E-state index contributed by atoms with van der Waals surface area (Å²) in [5, 5.41) is 0. The second-order valence-corrected chi connectivity index (χ2v) is 3.85. The molecule has 0 aliphatic rings. The van der Waals surface area contributed by atoms with E-state index >= 15 is 0 Å². The van der Waals surface area contributed by atoms with Crippen LogP contribution in [0.15, 0.2) is 24.3 Å². The Balaban J connectivity index is 2.34. The van der Waals surface area contributed by atoms with Crippen molar-refractivity contribution in [3.05, 3.63) is 35.6 Å². The molecule has 78 valence electrons. The molecule has 1 unspecified atom stereocenters. The van der Waals surface area contributed by atoms with Gasteiger partial charge in [-0.2, -0.15) is 0 Å². The fraction of sp³-hybridized carbons (Fsp3) is 0.500. The van der Waals surface area contributed by atoms with E-state index in [2.05, 4.69) is 6.92 Å². The number of hydrogen-bond donors (Lipinski definition) is 1. The monoisotopic (exact) mass is 195 g/mol. The lowest BCUT2D eigenvalue weighted by molar-refractivity contribution is 0.499. The van der Waals surface area contributed by atoms with Crippen molar-refractivity contribution >= 4 is 0 Å². The van der Waals surface area contributed by atoms with Gasteiger partial charge in [-0.05, 0) is 49.4 Å². The Hall–Kier alpha value is -0.890. The molecule has 0 bridgehead atoms. The lowest BCUT2D eigenvalue weighted by Crippen LogP contribution is -2.06. The average Bonchev–Trinajstić information content (AvgIpc) is 2.17. The SMILES string of the molecule is CC(CCN)CCc1ccc(F)cc1. The number of benzene rings is 1. The fourth-order valence-electron chi connectivity index (χ4n) is 1.49. The highest BCUT2D eigenvalue weighted by Crippen LogP contribution is 2.12. The molecule has 1 nitrogen and oxygen atoms in total. The third-order valence-corrected chi connectivity index (χ3v) is 2.50. The molecule has 1 atom stereocenters. The van der Waals surface area contributed by atoms with Crippen LogP contribution in [-0.4, -0.2) is 6.54 Å². The summed E-state index contributed by atoms with van der Waals surface area (Å²) in [6, 6.07) is 6.74. The van der Waals surface area contributed by atoms with Gasteiger partial charge in [0.05, 0.1) is 0 Å². The number of halogens is 1. The van der Waals surface area contributed by atoms with E-state index in [1.165, 1.54) is 17.7 Å². The van der Waals surface area contributed by atoms with E-state index in [1.54, 1.807) is 0 Å². The summed E-state index contributed by atoms with van der Waals surface area (Å²) < 4.78 is 12.6. The van der Waals surface area contributed by atoms with Gasteiger partial charge in [0, 0.05) is 0 Å². The summed E-state index contributed by atoms with van der Waals surface area (Å²) >= 11 is 0. The van der Waals surface area contributed by atoms with E-state index in [1.807, 2.05) is 12.1 Å². The Bertz CT molecular complexity index is 256. The molecule has 2 N–H and O–H groups in total. The van der Waals surface area contributed by atoms with Gasteiger partial charge in [-0.15, -0.1) is 0 Å². The normalized spacial score (nSPS) is 12.8. The minimum absolute atomic E-state index is 0.163. The third kappa shape index (κ3) is 3.88. The zero-order valence-electron chi connectivity index (χ0n) is 8.67. The van der Waals surface area contributed by atoms with Gasteiger partial charge in [-0.25, -0.2) is 4.39 Å². The van der Waals surface area contributed by atoms with E-state index in [0.29, 0.717) is 5.92 Å². The molecule has 0 saturated carbocycles. The first-order valence-corrected chi connectivity index (χ1v) is 5.17. The van der Waals surface area contributed by atoms with Gasteiger partial charge in [-0.3, -0.25) is 0 Å². The molecule has 0 fully saturated rings. The summed E-state index contributed by atoms with van der Waals surface area (Å²) in [6.45, 7) is 2.96. The van der Waals surface area contributed by atoms with E-state index in [4.69, 9.17) is 5.73 Å². The van der Waals surface area contributed by atoms with E-state index in [9.17, 15) is 4.39 Å². The zero-order chi connectivity index (χ0) is 10.4. The Labute approximate surface area is 85.1 Å². The summed E-state index contributed by atoms with van der Waals surface area (Å²) in [7, 11) is 0. The van der Waals surface area contributed by atoms with Crippen molar-refractivity contribution in [1.82, 2.24) is 0 Å². The van der Waals surface area contributed by atoms with Gasteiger partial charge in [0.15, 0.2) is 0 Å². The highest BCUT2D eigenvalue weighted by molar-refractivity contribution is 5.15. The van der Waals surface area contributed by atoms with Crippen molar-refractivity contribution in [2.45, 2.75) is 26.2 Å². The maximum absolute atomic E-state index is 12.6. The molecule has 14 heavy (non-hydrogen) atoms. The Morgan fingerprint density at radius 3 is 2.43 bits per heavy atom. The predicted molar refractivity (Wildman–Crippen MR) is 57.6 cm³/mol. The summed E-state index contributed by atoms with van der Waals surface area (Å²) in [6.07, 6.45) is 3.21. The van der Waals surface area contributed by atoms with Crippen LogP contribution in [0.3, 0.4) is 0 Å². The van der Waals surface area contributed by atoms with Crippen molar-refractivity contribution in [3.8, 4) is 0 Å². The summed E-state index contributed by atoms with van der Waals surface area (Å²) in [5.74, 6) is 0.494. The Kier molecular flexibility index (Phi) is 4.60. The predicted octanol–water partition coefficient (Wildman–Crippen LogP) is 2.74. The Morgan fingerprint density at radius 1 is 1.21 bits per heavy atom. The van der Waals surface area contributed by atoms with E-state index < -0.39 is 0 Å². The first kappa shape index (κ1) is 11.2. The lowest BCUT2D eigenvalue weighted by atomic mass is 9.98. The minimum Gasteiger partial charge on any atom is -0.330 e. The lowest BCUT2D eigenvalue weighted by Gasteiger charge is -2.09.